The Morgan fingerprint density at radius 3 is 2.00 bits per heavy atom. The zero-order chi connectivity index (χ0) is 15.4. The molecular weight excluding hydrogens is 244 g/mol. The molecule has 0 atom stereocenters. The molecule has 0 unspecified atom stereocenters. The molecule has 0 aliphatic heterocycles. The number of aliphatic imine (C=N–C) groups is 2. The van der Waals surface area contributed by atoms with Gasteiger partial charge in [-0.2, -0.15) is 0 Å². The molecule has 2 nitrogen and oxygen atoms in total. The molecule has 0 aromatic heterocycles. The molecule has 0 saturated heterocycles. The lowest BCUT2D eigenvalue weighted by atomic mass is 10.1. The molecule has 1 aromatic rings. The monoisotopic (exact) mass is 274 g/mol. The second-order valence-corrected chi connectivity index (χ2v) is 5.43. The van der Waals surface area contributed by atoms with E-state index in [0.717, 1.165) is 36.6 Å². The zero-order valence-corrected chi connectivity index (χ0v) is 14.0. The number of rotatable bonds is 4. The first-order valence-corrected chi connectivity index (χ1v) is 7.63. The molecule has 0 bridgehead atoms. The summed E-state index contributed by atoms with van der Waals surface area (Å²) in [5, 5.41) is 0. The molecule has 1 rings (SSSR count). The maximum absolute atomic E-state index is 4.64. The molecule has 1 aromatic carbocycles. The van der Waals surface area contributed by atoms with E-state index < -0.39 is 0 Å². The van der Waals surface area contributed by atoms with Gasteiger partial charge in [0.25, 0.3) is 0 Å². The van der Waals surface area contributed by atoms with Crippen molar-refractivity contribution < 1.29 is 0 Å². The van der Waals surface area contributed by atoms with Crippen LogP contribution >= 0.6 is 0 Å². The van der Waals surface area contributed by atoms with Gasteiger partial charge in [0.2, 0.25) is 0 Å². The van der Waals surface area contributed by atoms with Crippen LogP contribution in [0.25, 0.3) is 0 Å². The second kappa shape index (κ2) is 11.4. The van der Waals surface area contributed by atoms with E-state index in [-0.39, 0.29) is 0 Å². The van der Waals surface area contributed by atoms with Gasteiger partial charge in [0, 0.05) is 18.3 Å². The summed E-state index contributed by atoms with van der Waals surface area (Å²) in [7, 11) is 1.80. The van der Waals surface area contributed by atoms with Crippen molar-refractivity contribution in [3.8, 4) is 0 Å². The lowest BCUT2D eigenvalue weighted by Crippen LogP contribution is -2.04. The number of benzene rings is 1. The Morgan fingerprint density at radius 2 is 1.60 bits per heavy atom. The SMILES string of the molecule is CC(C)C.CCCC(CC)=NC(=NC)c1ccccc1. The van der Waals surface area contributed by atoms with Crippen LogP contribution in [0.15, 0.2) is 40.3 Å². The minimum Gasteiger partial charge on any atom is -0.270 e. The number of hydrogen-bond donors (Lipinski definition) is 0. The van der Waals surface area contributed by atoms with Crippen molar-refractivity contribution in [1.29, 1.82) is 0 Å². The summed E-state index contributed by atoms with van der Waals surface area (Å²) in [4.78, 5) is 8.90. The van der Waals surface area contributed by atoms with Gasteiger partial charge in [0.05, 0.1) is 0 Å². The van der Waals surface area contributed by atoms with E-state index in [0.29, 0.717) is 0 Å². The van der Waals surface area contributed by atoms with Crippen molar-refractivity contribution in [3.05, 3.63) is 35.9 Å². The van der Waals surface area contributed by atoms with Crippen molar-refractivity contribution in [2.24, 2.45) is 15.9 Å². The van der Waals surface area contributed by atoms with E-state index in [2.05, 4.69) is 44.6 Å². The Kier molecular flexibility index (Phi) is 10.6. The van der Waals surface area contributed by atoms with Crippen molar-refractivity contribution >= 4 is 11.5 Å². The molecule has 0 fully saturated rings. The molecule has 0 saturated carbocycles. The van der Waals surface area contributed by atoms with Gasteiger partial charge >= 0.3 is 0 Å². The van der Waals surface area contributed by atoms with Gasteiger partial charge in [-0.1, -0.05) is 71.4 Å². The van der Waals surface area contributed by atoms with E-state index in [9.17, 15) is 0 Å². The molecule has 0 amide bonds. The first-order chi connectivity index (χ1) is 9.54. The number of hydrogen-bond acceptors (Lipinski definition) is 1. The Hall–Kier alpha value is -1.44. The predicted octanol–water partition coefficient (Wildman–Crippen LogP) is 5.38. The highest BCUT2D eigenvalue weighted by molar-refractivity contribution is 6.06. The molecule has 112 valence electrons. The van der Waals surface area contributed by atoms with E-state index in [4.69, 9.17) is 0 Å². The van der Waals surface area contributed by atoms with Crippen molar-refractivity contribution in [2.75, 3.05) is 7.05 Å². The van der Waals surface area contributed by atoms with Gasteiger partial charge in [-0.15, -0.1) is 0 Å². The predicted molar refractivity (Wildman–Crippen MR) is 92.0 cm³/mol. The van der Waals surface area contributed by atoms with Gasteiger partial charge in [0.1, 0.15) is 0 Å². The minimum absolute atomic E-state index is 0.833. The van der Waals surface area contributed by atoms with Gasteiger partial charge in [-0.25, -0.2) is 4.99 Å². The largest absolute Gasteiger partial charge is 0.270 e. The maximum Gasteiger partial charge on any atom is 0.154 e. The van der Waals surface area contributed by atoms with Crippen LogP contribution in [0, 0.1) is 5.92 Å². The summed E-state index contributed by atoms with van der Waals surface area (Å²) in [5.41, 5.74) is 2.32. The van der Waals surface area contributed by atoms with E-state index in [1.54, 1.807) is 7.05 Å². The average Bonchev–Trinajstić information content (AvgIpc) is 2.43. The highest BCUT2D eigenvalue weighted by Gasteiger charge is 2.02. The van der Waals surface area contributed by atoms with Crippen molar-refractivity contribution in [3.63, 3.8) is 0 Å². The standard InChI is InChI=1S/C14H20N2.C4H10/c1-4-9-13(5-2)16-14(15-3)12-10-7-6-8-11-12;1-4(2)3/h6-8,10-11H,4-5,9H2,1-3H3;4H,1-3H3. The first-order valence-electron chi connectivity index (χ1n) is 7.63. The molecule has 0 aliphatic carbocycles. The first kappa shape index (κ1) is 18.6. The van der Waals surface area contributed by atoms with Gasteiger partial charge in [-0.05, 0) is 18.8 Å². The fourth-order valence-corrected chi connectivity index (χ4v) is 1.58. The maximum atomic E-state index is 4.64. The Morgan fingerprint density at radius 1 is 1.05 bits per heavy atom. The lowest BCUT2D eigenvalue weighted by Gasteiger charge is -2.04. The average molecular weight is 274 g/mol. The molecule has 20 heavy (non-hydrogen) atoms. The van der Waals surface area contributed by atoms with Crippen LogP contribution in [-0.2, 0) is 0 Å². The number of amidine groups is 1. The fourth-order valence-electron chi connectivity index (χ4n) is 1.58. The van der Waals surface area contributed by atoms with Crippen LogP contribution in [0.3, 0.4) is 0 Å². The van der Waals surface area contributed by atoms with Crippen molar-refractivity contribution in [2.45, 2.75) is 53.9 Å². The van der Waals surface area contributed by atoms with Crippen molar-refractivity contribution in [1.82, 2.24) is 0 Å². The van der Waals surface area contributed by atoms with Gasteiger partial charge in [0.15, 0.2) is 5.84 Å². The number of nitrogens with zero attached hydrogens (tertiary/aromatic N) is 2. The van der Waals surface area contributed by atoms with Crippen LogP contribution in [0.2, 0.25) is 0 Å². The zero-order valence-electron chi connectivity index (χ0n) is 14.0. The van der Waals surface area contributed by atoms with Crippen LogP contribution in [0.5, 0.6) is 0 Å². The summed E-state index contributed by atoms with van der Waals surface area (Å²) in [6, 6.07) is 10.1. The normalized spacial score (nSPS) is 12.2. The second-order valence-electron chi connectivity index (χ2n) is 5.43. The topological polar surface area (TPSA) is 24.7 Å². The van der Waals surface area contributed by atoms with E-state index >= 15 is 0 Å². The summed E-state index contributed by atoms with van der Waals surface area (Å²) in [5.74, 6) is 1.67. The Labute approximate surface area is 125 Å². The third-order valence-electron chi connectivity index (χ3n) is 2.45. The van der Waals surface area contributed by atoms with Gasteiger partial charge < -0.3 is 0 Å². The molecule has 0 radical (unpaired) electrons. The molecule has 0 spiro atoms. The highest BCUT2D eigenvalue weighted by Crippen LogP contribution is 2.05. The molecule has 0 aliphatic rings. The molecule has 2 heteroatoms. The summed E-state index contributed by atoms with van der Waals surface area (Å²) in [6.45, 7) is 10.8. The van der Waals surface area contributed by atoms with Crippen LogP contribution in [-0.4, -0.2) is 18.6 Å². The van der Waals surface area contributed by atoms with Crippen LogP contribution < -0.4 is 0 Å². The van der Waals surface area contributed by atoms with E-state index in [1.165, 1.54) is 5.71 Å². The van der Waals surface area contributed by atoms with Crippen LogP contribution in [0.1, 0.15) is 59.4 Å². The summed E-state index contributed by atoms with van der Waals surface area (Å²) >= 11 is 0. The highest BCUT2D eigenvalue weighted by atomic mass is 14.9. The third-order valence-corrected chi connectivity index (χ3v) is 2.45. The van der Waals surface area contributed by atoms with Crippen LogP contribution in [0.4, 0.5) is 0 Å². The quantitative estimate of drug-likeness (QED) is 0.520. The van der Waals surface area contributed by atoms with E-state index in [1.807, 2.05) is 30.3 Å². The molecule has 0 N–H and O–H groups in total. The Bertz CT molecular complexity index is 400. The summed E-state index contributed by atoms with van der Waals surface area (Å²) < 4.78 is 0. The summed E-state index contributed by atoms with van der Waals surface area (Å²) in [6.07, 6.45) is 3.19. The molecule has 0 heterocycles. The Balaban J connectivity index is 0.000000796. The minimum atomic E-state index is 0.833. The van der Waals surface area contributed by atoms with Gasteiger partial charge in [-0.3, -0.25) is 4.99 Å². The fraction of sp³-hybridized carbons (Fsp3) is 0.556. The molecular formula is C18H30N2. The third kappa shape index (κ3) is 8.63. The smallest absolute Gasteiger partial charge is 0.154 e. The lowest BCUT2D eigenvalue weighted by molar-refractivity contribution is 0.737.